The largest absolute Gasteiger partial charge is 0.386 e. The summed E-state index contributed by atoms with van der Waals surface area (Å²) in [5, 5.41) is 4.72. The van der Waals surface area contributed by atoms with Crippen molar-refractivity contribution in [2.75, 3.05) is 12.4 Å². The monoisotopic (exact) mass is 298 g/mol. The van der Waals surface area contributed by atoms with E-state index in [9.17, 15) is 8.42 Å². The smallest absolute Gasteiger partial charge is 0.273 e. The standard InChI is InChI=1S/C13H22N4O2S/c1-10-6-4-7-11(2)17(10)16-20(18,19)13-12(14-3)8-5-9-15-13/h5,8-11,14,16H,4,6-7H2,1-3H3. The van der Waals surface area contributed by atoms with E-state index in [2.05, 4.69) is 15.1 Å². The van der Waals surface area contributed by atoms with E-state index < -0.39 is 10.0 Å². The number of aromatic nitrogens is 1. The zero-order chi connectivity index (χ0) is 14.8. The number of piperidine rings is 1. The Kier molecular flexibility index (Phi) is 4.62. The number of hydrazine groups is 1. The number of nitrogens with zero attached hydrogens (tertiary/aromatic N) is 2. The quantitative estimate of drug-likeness (QED) is 0.883. The SMILES string of the molecule is CNc1cccnc1S(=O)(=O)NN1C(C)CCCC1C. The number of anilines is 1. The average Bonchev–Trinajstić information content (AvgIpc) is 2.43. The molecule has 2 unspecified atom stereocenters. The van der Waals surface area contributed by atoms with Crippen molar-refractivity contribution in [1.29, 1.82) is 0 Å². The molecule has 0 bridgehead atoms. The van der Waals surface area contributed by atoms with Gasteiger partial charge in [0.1, 0.15) is 0 Å². The van der Waals surface area contributed by atoms with Crippen LogP contribution in [0.15, 0.2) is 23.4 Å². The summed E-state index contributed by atoms with van der Waals surface area (Å²) in [7, 11) is -1.98. The lowest BCUT2D eigenvalue weighted by molar-refractivity contribution is 0.0789. The van der Waals surface area contributed by atoms with Crippen LogP contribution < -0.4 is 10.1 Å². The van der Waals surface area contributed by atoms with Gasteiger partial charge in [-0.3, -0.25) is 0 Å². The molecule has 1 saturated heterocycles. The van der Waals surface area contributed by atoms with Gasteiger partial charge in [-0.15, -0.1) is 4.83 Å². The predicted molar refractivity (Wildman–Crippen MR) is 78.7 cm³/mol. The highest BCUT2D eigenvalue weighted by atomic mass is 32.2. The maximum atomic E-state index is 12.5. The van der Waals surface area contributed by atoms with E-state index >= 15 is 0 Å². The number of hydrogen-bond acceptors (Lipinski definition) is 5. The van der Waals surface area contributed by atoms with Gasteiger partial charge in [-0.25, -0.2) is 18.4 Å². The van der Waals surface area contributed by atoms with Crippen LogP contribution in [-0.2, 0) is 10.0 Å². The third-order valence-corrected chi connectivity index (χ3v) is 5.00. The second-order valence-electron chi connectivity index (χ2n) is 5.24. The molecule has 0 radical (unpaired) electrons. The summed E-state index contributed by atoms with van der Waals surface area (Å²) in [4.78, 5) is 6.69. The first-order chi connectivity index (χ1) is 9.45. The van der Waals surface area contributed by atoms with Gasteiger partial charge in [-0.1, -0.05) is 6.42 Å². The van der Waals surface area contributed by atoms with E-state index in [0.717, 1.165) is 19.3 Å². The van der Waals surface area contributed by atoms with Crippen LogP contribution in [0.2, 0.25) is 0 Å². The molecule has 0 aliphatic carbocycles. The van der Waals surface area contributed by atoms with Crippen LogP contribution in [0.3, 0.4) is 0 Å². The Bertz CT molecular complexity index is 551. The number of hydrogen-bond donors (Lipinski definition) is 2. The van der Waals surface area contributed by atoms with Gasteiger partial charge in [0.2, 0.25) is 0 Å². The summed E-state index contributed by atoms with van der Waals surface area (Å²) in [6.45, 7) is 4.07. The minimum atomic E-state index is -3.67. The number of pyridine rings is 1. The average molecular weight is 298 g/mol. The van der Waals surface area contributed by atoms with Crippen LogP contribution in [-0.4, -0.2) is 37.5 Å². The van der Waals surface area contributed by atoms with E-state index in [1.54, 1.807) is 19.2 Å². The highest BCUT2D eigenvalue weighted by molar-refractivity contribution is 7.89. The molecular weight excluding hydrogens is 276 g/mol. The Hall–Kier alpha value is -1.18. The second kappa shape index (κ2) is 6.07. The van der Waals surface area contributed by atoms with E-state index in [-0.39, 0.29) is 17.1 Å². The zero-order valence-corrected chi connectivity index (χ0v) is 12.9. The summed E-state index contributed by atoms with van der Waals surface area (Å²) in [6.07, 6.45) is 4.60. The van der Waals surface area contributed by atoms with Crippen LogP contribution in [0.5, 0.6) is 0 Å². The minimum absolute atomic E-state index is 0.0347. The lowest BCUT2D eigenvalue weighted by Crippen LogP contribution is -2.54. The van der Waals surface area contributed by atoms with Crippen molar-refractivity contribution < 1.29 is 8.42 Å². The highest BCUT2D eigenvalue weighted by Crippen LogP contribution is 2.23. The molecular formula is C13H22N4O2S. The fourth-order valence-electron chi connectivity index (χ4n) is 2.58. The molecule has 1 aromatic heterocycles. The topological polar surface area (TPSA) is 74.3 Å². The van der Waals surface area contributed by atoms with Gasteiger partial charge in [-0.2, -0.15) is 0 Å². The molecule has 7 heteroatoms. The van der Waals surface area contributed by atoms with E-state index in [1.807, 2.05) is 18.9 Å². The number of sulfonamides is 1. The van der Waals surface area contributed by atoms with Gasteiger partial charge in [0, 0.05) is 25.3 Å². The molecule has 0 amide bonds. The lowest BCUT2D eigenvalue weighted by Gasteiger charge is -2.38. The molecule has 0 saturated carbocycles. The van der Waals surface area contributed by atoms with Crippen LogP contribution in [0.4, 0.5) is 5.69 Å². The van der Waals surface area contributed by atoms with Crippen molar-refractivity contribution in [3.8, 4) is 0 Å². The zero-order valence-electron chi connectivity index (χ0n) is 12.1. The molecule has 2 rings (SSSR count). The molecule has 1 fully saturated rings. The van der Waals surface area contributed by atoms with Gasteiger partial charge < -0.3 is 5.32 Å². The Morgan fingerprint density at radius 2 is 1.95 bits per heavy atom. The first-order valence-corrected chi connectivity index (χ1v) is 8.37. The summed E-state index contributed by atoms with van der Waals surface area (Å²) in [6, 6.07) is 3.78. The van der Waals surface area contributed by atoms with Crippen LogP contribution in [0, 0.1) is 0 Å². The van der Waals surface area contributed by atoms with Crippen molar-refractivity contribution in [1.82, 2.24) is 14.8 Å². The highest BCUT2D eigenvalue weighted by Gasteiger charge is 2.30. The maximum absolute atomic E-state index is 12.5. The van der Waals surface area contributed by atoms with Gasteiger partial charge in [0.25, 0.3) is 10.0 Å². The number of rotatable bonds is 4. The molecule has 1 aliphatic rings. The Morgan fingerprint density at radius 3 is 2.55 bits per heavy atom. The first-order valence-electron chi connectivity index (χ1n) is 6.89. The van der Waals surface area contributed by atoms with Gasteiger partial charge >= 0.3 is 0 Å². The molecule has 1 aromatic rings. The fraction of sp³-hybridized carbons (Fsp3) is 0.615. The molecule has 1 aliphatic heterocycles. The summed E-state index contributed by atoms with van der Waals surface area (Å²) in [5.41, 5.74) is 0.498. The summed E-state index contributed by atoms with van der Waals surface area (Å²) < 4.78 is 25.0. The molecule has 0 spiro atoms. The van der Waals surface area contributed by atoms with E-state index in [1.165, 1.54) is 6.20 Å². The van der Waals surface area contributed by atoms with Gasteiger partial charge in [0.05, 0.1) is 5.69 Å². The van der Waals surface area contributed by atoms with Crippen LogP contribution in [0.25, 0.3) is 0 Å². The molecule has 2 heterocycles. The third kappa shape index (κ3) is 3.11. The van der Waals surface area contributed by atoms with Crippen molar-refractivity contribution in [3.63, 3.8) is 0 Å². The maximum Gasteiger partial charge on any atom is 0.273 e. The predicted octanol–water partition coefficient (Wildman–Crippen LogP) is 1.58. The summed E-state index contributed by atoms with van der Waals surface area (Å²) in [5.74, 6) is 0. The molecule has 0 aromatic carbocycles. The molecule has 20 heavy (non-hydrogen) atoms. The minimum Gasteiger partial charge on any atom is -0.386 e. The fourth-order valence-corrected chi connectivity index (χ4v) is 3.96. The van der Waals surface area contributed by atoms with Crippen LogP contribution in [0.1, 0.15) is 33.1 Å². The van der Waals surface area contributed by atoms with Crippen molar-refractivity contribution >= 4 is 15.7 Å². The van der Waals surface area contributed by atoms with Crippen LogP contribution >= 0.6 is 0 Å². The van der Waals surface area contributed by atoms with Gasteiger partial charge in [-0.05, 0) is 38.8 Å². The molecule has 6 nitrogen and oxygen atoms in total. The Balaban J connectivity index is 2.26. The van der Waals surface area contributed by atoms with Crippen molar-refractivity contribution in [2.24, 2.45) is 0 Å². The van der Waals surface area contributed by atoms with Gasteiger partial charge in [0.15, 0.2) is 5.03 Å². The first kappa shape index (κ1) is 15.2. The molecule has 2 N–H and O–H groups in total. The Morgan fingerprint density at radius 1 is 1.30 bits per heavy atom. The van der Waals surface area contributed by atoms with E-state index in [0.29, 0.717) is 5.69 Å². The third-order valence-electron chi connectivity index (χ3n) is 3.71. The molecule has 2 atom stereocenters. The van der Waals surface area contributed by atoms with Crippen molar-refractivity contribution in [2.45, 2.75) is 50.2 Å². The number of nitrogens with one attached hydrogen (secondary N) is 2. The van der Waals surface area contributed by atoms with Crippen molar-refractivity contribution in [3.05, 3.63) is 18.3 Å². The molecule has 112 valence electrons. The normalized spacial score (nSPS) is 24.6. The van der Waals surface area contributed by atoms with E-state index in [4.69, 9.17) is 0 Å². The summed E-state index contributed by atoms with van der Waals surface area (Å²) >= 11 is 0. The second-order valence-corrected chi connectivity index (χ2v) is 6.81. The lowest BCUT2D eigenvalue weighted by atomic mass is 10.0. The Labute approximate surface area is 120 Å².